The molecular formula is C68H80ClN3O32S7. The van der Waals surface area contributed by atoms with Gasteiger partial charge in [-0.25, -0.2) is 48.1 Å². The topological polar surface area (TPSA) is 606 Å². The first-order chi connectivity index (χ1) is 51.0. The molecule has 2 saturated heterocycles. The summed E-state index contributed by atoms with van der Waals surface area (Å²) in [5.74, 6) is -7.68. The number of sulfone groups is 4. The van der Waals surface area contributed by atoms with E-state index in [4.69, 9.17) is 66.7 Å². The van der Waals surface area contributed by atoms with Gasteiger partial charge < -0.3 is 61.1 Å². The summed E-state index contributed by atoms with van der Waals surface area (Å²) in [4.78, 5) is 67.9. The van der Waals surface area contributed by atoms with Crippen molar-refractivity contribution in [3.63, 3.8) is 0 Å². The first kappa shape index (κ1) is 95.3. The van der Waals surface area contributed by atoms with Crippen LogP contribution in [0.4, 0.5) is 11.4 Å². The Balaban J connectivity index is 0.000000338. The van der Waals surface area contributed by atoms with Crippen LogP contribution in [-0.4, -0.2) is 206 Å². The summed E-state index contributed by atoms with van der Waals surface area (Å²) in [6.45, 7) is 7.08. The molecule has 9 rings (SSSR count). The molecule has 608 valence electrons. The fourth-order valence-corrected chi connectivity index (χ4v) is 15.2. The number of carbonyl (C=O) groups is 6. The van der Waals surface area contributed by atoms with E-state index < -0.39 is 139 Å². The Morgan fingerprint density at radius 2 is 0.991 bits per heavy atom. The first-order valence-electron chi connectivity index (χ1n) is 31.8. The SMILES string of the molecule is CCOC(=O)CS(=O)(=O)c1ccc(O)cc1.CS(=O)(=O)c1ccc([C@@H](N)CCC(=O)O)cc1.Cc1cc(N2CCCC(C(=O)O)C2)c(Cl)cc1S(C)(=O)=O.Cc1cc(S(C)(=O)=O)ccc1N1CCCC1C(=O)O.O=C(O)c1cc(S(=O)(=O)O)ccc1O.O=C(O)c1ccc(S(=O)(=O)O)cc1.O=S(=O)(O)c1ccc(O)cc1. The third-order valence-electron chi connectivity index (χ3n) is 15.4. The van der Waals surface area contributed by atoms with Gasteiger partial charge in [-0.1, -0.05) is 23.7 Å². The number of nitrogens with two attached hydrogens (primary N) is 1. The Morgan fingerprint density at radius 1 is 0.523 bits per heavy atom. The number of carboxylic acids is 5. The van der Waals surface area contributed by atoms with Crippen LogP contribution in [0.5, 0.6) is 17.2 Å². The van der Waals surface area contributed by atoms with Crippen LogP contribution >= 0.6 is 11.6 Å². The van der Waals surface area contributed by atoms with Crippen molar-refractivity contribution in [2.45, 2.75) is 106 Å². The largest absolute Gasteiger partial charge is 0.508 e. The molecule has 0 aromatic heterocycles. The van der Waals surface area contributed by atoms with E-state index >= 15 is 0 Å². The van der Waals surface area contributed by atoms with Crippen LogP contribution in [0.2, 0.25) is 5.02 Å². The monoisotopic (exact) mass is 1710 g/mol. The van der Waals surface area contributed by atoms with Crippen molar-refractivity contribution in [3.05, 3.63) is 178 Å². The zero-order valence-corrected chi connectivity index (χ0v) is 66.0. The number of aromatic carboxylic acids is 2. The van der Waals surface area contributed by atoms with Crippen LogP contribution in [0.3, 0.4) is 0 Å². The third-order valence-corrected chi connectivity index (χ3v) is 23.4. The van der Waals surface area contributed by atoms with Gasteiger partial charge >= 0.3 is 35.8 Å². The van der Waals surface area contributed by atoms with E-state index in [1.54, 1.807) is 51.1 Å². The molecule has 2 heterocycles. The number of aryl methyl sites for hydroxylation is 2. The number of piperidine rings is 1. The van der Waals surface area contributed by atoms with Gasteiger partial charge in [-0.2, -0.15) is 25.3 Å². The van der Waals surface area contributed by atoms with Gasteiger partial charge in [0.15, 0.2) is 45.1 Å². The summed E-state index contributed by atoms with van der Waals surface area (Å²) < 4.78 is 185. The summed E-state index contributed by atoms with van der Waals surface area (Å²) in [5.41, 5.74) is 8.82. The van der Waals surface area contributed by atoms with Crippen LogP contribution < -0.4 is 15.5 Å². The molecule has 0 saturated carbocycles. The predicted octanol–water partition coefficient (Wildman–Crippen LogP) is 7.10. The van der Waals surface area contributed by atoms with Crippen LogP contribution in [0, 0.1) is 19.8 Å². The van der Waals surface area contributed by atoms with Crippen LogP contribution in [-0.2, 0) is 93.6 Å². The van der Waals surface area contributed by atoms with Crippen molar-refractivity contribution in [1.82, 2.24) is 0 Å². The molecule has 2 fully saturated rings. The van der Waals surface area contributed by atoms with Gasteiger partial charge in [-0.05, 0) is 203 Å². The van der Waals surface area contributed by atoms with Gasteiger partial charge in [0.1, 0.15) is 28.9 Å². The highest BCUT2D eigenvalue weighted by Gasteiger charge is 2.32. The van der Waals surface area contributed by atoms with Crippen LogP contribution in [0.1, 0.15) is 88.9 Å². The van der Waals surface area contributed by atoms with Gasteiger partial charge in [0.2, 0.25) is 0 Å². The maximum Gasteiger partial charge on any atom is 0.339 e. The fraction of sp³-hybridized carbons (Fsp3) is 0.294. The predicted molar refractivity (Wildman–Crippen MR) is 400 cm³/mol. The normalized spacial score (nSPS) is 14.5. The molecule has 0 aliphatic carbocycles. The number of carbonyl (C=O) groups excluding carboxylic acids is 1. The minimum atomic E-state index is -4.45. The van der Waals surface area contributed by atoms with Crippen molar-refractivity contribution < 1.29 is 147 Å². The molecule has 35 nitrogen and oxygen atoms in total. The number of carboxylic acid groups (broad SMARTS) is 5. The zero-order valence-electron chi connectivity index (χ0n) is 59.6. The van der Waals surface area contributed by atoms with Gasteiger partial charge in [-0.3, -0.25) is 28.0 Å². The van der Waals surface area contributed by atoms with E-state index in [1.165, 1.54) is 60.7 Å². The molecule has 111 heavy (non-hydrogen) atoms. The minimum absolute atomic E-state index is 0.00497. The summed E-state index contributed by atoms with van der Waals surface area (Å²) in [5, 5.41) is 70.9. The lowest BCUT2D eigenvalue weighted by molar-refractivity contribution is -0.142. The Morgan fingerprint density at radius 3 is 1.42 bits per heavy atom. The lowest BCUT2D eigenvalue weighted by Gasteiger charge is -2.33. The molecule has 0 amide bonds. The molecule has 43 heteroatoms. The molecule has 0 spiro atoms. The standard InChI is InChI=1S/C14H18ClNO4S.C13H17NO4S.C11H15NO4S.C10H12O5S.C7H6O6S.C7H6O5S.C6H6O4S/c1-9-6-12(11(15)7-13(9)21(2,19)20)16-5-3-4-10(8-16)14(17)18;1-9-8-10(19(2,17)18)5-6-11(9)14-7-3-4-12(14)13(15)16;1-17(15,16)9-4-2-8(3-5-9)10(12)6-7-11(13)14;1-2-15-10(12)7-16(13,14)9-5-3-8(11)4-6-9;8-6-2-1-4(14(11,12)13)3-5(6)7(9)10;8-7(9)5-1-3-6(4-2-5)13(10,11)12;7-5-1-3-6(4-2-5)11(8,9)10/h6-7,10H,3-5,8H2,1-2H3,(H,17,18);5-6,8,12H,3-4,7H2,1-2H3,(H,15,16);2-5,10H,6-7,12H2,1H3,(H,13,14);3-6,11H,2,7H2,1H3;1-3,8H,(H,9,10)(H,11,12,13);1-4H,(H,8,9)(H,10,11,12);1-4,7H,(H,8,9,10)/t;;10-;;;;/m..0..../s1. The lowest BCUT2D eigenvalue weighted by atomic mass is 9.97. The van der Waals surface area contributed by atoms with Gasteiger partial charge in [0.05, 0.1) is 63.1 Å². The molecule has 2 aliphatic rings. The third kappa shape index (κ3) is 31.4. The number of rotatable bonds is 20. The number of esters is 1. The van der Waals surface area contributed by atoms with Gasteiger partial charge in [-0.15, -0.1) is 0 Å². The number of aromatic hydroxyl groups is 3. The quantitative estimate of drug-likeness (QED) is 0.0267. The van der Waals surface area contributed by atoms with Crippen molar-refractivity contribution in [3.8, 4) is 17.2 Å². The van der Waals surface area contributed by atoms with Crippen molar-refractivity contribution in [2.75, 3.05) is 60.6 Å². The number of halogens is 1. The molecule has 2 unspecified atom stereocenters. The number of aliphatic carboxylic acids is 3. The fourth-order valence-electron chi connectivity index (χ4n) is 9.92. The zero-order chi connectivity index (χ0) is 84.7. The molecule has 2 aliphatic heterocycles. The molecular weight excluding hydrogens is 1630 g/mol. The minimum Gasteiger partial charge on any atom is -0.508 e. The number of phenolic OH excluding ortho intramolecular Hbond substituents is 2. The number of hydrogen-bond acceptors (Lipinski definition) is 27. The molecule has 3 atom stereocenters. The Labute approximate surface area is 644 Å². The number of anilines is 2. The summed E-state index contributed by atoms with van der Waals surface area (Å²) in [6, 6.07) is 29.6. The van der Waals surface area contributed by atoms with Gasteiger partial charge in [0.25, 0.3) is 30.4 Å². The van der Waals surface area contributed by atoms with E-state index in [2.05, 4.69) is 4.74 Å². The maximum absolute atomic E-state index is 11.7. The molecule has 7 aromatic rings. The number of benzene rings is 7. The lowest BCUT2D eigenvalue weighted by Crippen LogP contribution is -2.38. The van der Waals surface area contributed by atoms with Crippen molar-refractivity contribution in [2.24, 2.45) is 11.7 Å². The Bertz CT molecular complexity index is 5330. The summed E-state index contributed by atoms with van der Waals surface area (Å²) in [6.07, 6.45) is 6.66. The first-order valence-corrected chi connectivity index (χ1v) is 43.9. The highest BCUT2D eigenvalue weighted by molar-refractivity contribution is 7.92. The summed E-state index contributed by atoms with van der Waals surface area (Å²) in [7, 11) is -26.3. The van der Waals surface area contributed by atoms with E-state index in [0.717, 1.165) is 103 Å². The van der Waals surface area contributed by atoms with Crippen LogP contribution in [0.15, 0.2) is 180 Å². The highest BCUT2D eigenvalue weighted by atomic mass is 35.5. The van der Waals surface area contributed by atoms with Crippen molar-refractivity contribution >= 4 is 128 Å². The highest BCUT2D eigenvalue weighted by Crippen LogP contribution is 2.35. The molecule has 0 bridgehead atoms. The number of hydrogen-bond donors (Lipinski definition) is 12. The van der Waals surface area contributed by atoms with E-state index in [0.29, 0.717) is 54.7 Å². The number of phenols is 3. The van der Waals surface area contributed by atoms with Crippen LogP contribution in [0.25, 0.3) is 0 Å². The second-order valence-corrected chi connectivity index (χ2v) is 36.7. The van der Waals surface area contributed by atoms with E-state index in [1.807, 2.05) is 9.80 Å². The van der Waals surface area contributed by atoms with E-state index in [9.17, 15) is 92.8 Å². The molecule has 7 aromatic carbocycles. The van der Waals surface area contributed by atoms with E-state index in [-0.39, 0.29) is 65.5 Å². The second kappa shape index (κ2) is 40.9. The maximum atomic E-state index is 11.7. The Hall–Kier alpha value is -9.86. The average molecular weight is 1710 g/mol. The molecule has 13 N–H and O–H groups in total. The number of ether oxygens (including phenoxy) is 1. The van der Waals surface area contributed by atoms with Gasteiger partial charge in [0, 0.05) is 56.6 Å². The van der Waals surface area contributed by atoms with Crippen molar-refractivity contribution in [1.29, 1.82) is 0 Å². The number of nitrogens with zero attached hydrogens (tertiary/aromatic N) is 2. The average Bonchev–Trinajstić information content (AvgIpc) is 1.56. The molecule has 0 radical (unpaired) electrons. The second-order valence-electron chi connectivity index (χ2n) is 24.0. The summed E-state index contributed by atoms with van der Waals surface area (Å²) >= 11 is 6.21. The Kier molecular flexibility index (Phi) is 35.1. The smallest absolute Gasteiger partial charge is 0.339 e.